The molecule has 0 aliphatic carbocycles. The average Bonchev–Trinajstić information content (AvgIpc) is 2.84. The third kappa shape index (κ3) is 6.98. The minimum absolute atomic E-state index is 0.363. The predicted octanol–water partition coefficient (Wildman–Crippen LogP) is 3.08. The number of hydrazone groups is 1. The molecule has 7 nitrogen and oxygen atoms in total. The highest BCUT2D eigenvalue weighted by Crippen LogP contribution is 2.28. The summed E-state index contributed by atoms with van der Waals surface area (Å²) >= 11 is 0. The van der Waals surface area contributed by atoms with E-state index >= 15 is 0 Å². The Bertz CT molecular complexity index is 1050. The lowest BCUT2D eigenvalue weighted by Gasteiger charge is -2.11. The van der Waals surface area contributed by atoms with Crippen molar-refractivity contribution in [2.75, 3.05) is 13.7 Å². The first-order chi connectivity index (χ1) is 15.7. The highest BCUT2D eigenvalue weighted by molar-refractivity contribution is 6.35. The minimum Gasteiger partial charge on any atom is -0.493 e. The topological polar surface area (TPSA) is 89.0 Å². The Kier molecular flexibility index (Phi) is 8.39. The van der Waals surface area contributed by atoms with E-state index < -0.39 is 11.8 Å². The van der Waals surface area contributed by atoms with Crippen LogP contribution in [0.2, 0.25) is 0 Å². The lowest BCUT2D eigenvalue weighted by molar-refractivity contribution is -0.139. The van der Waals surface area contributed by atoms with Crippen LogP contribution in [0, 0.1) is 0 Å². The van der Waals surface area contributed by atoms with Crippen LogP contribution < -0.4 is 20.2 Å². The summed E-state index contributed by atoms with van der Waals surface area (Å²) in [6.45, 7) is 0.779. The first kappa shape index (κ1) is 22.6. The van der Waals surface area contributed by atoms with Gasteiger partial charge >= 0.3 is 11.8 Å². The number of nitrogens with one attached hydrogen (secondary N) is 2. The summed E-state index contributed by atoms with van der Waals surface area (Å²) < 4.78 is 11.2. The summed E-state index contributed by atoms with van der Waals surface area (Å²) in [7, 11) is 1.55. The molecule has 0 atom stereocenters. The lowest BCUT2D eigenvalue weighted by atomic mass is 10.1. The van der Waals surface area contributed by atoms with Crippen LogP contribution in [0.15, 0.2) is 84.0 Å². The van der Waals surface area contributed by atoms with Crippen molar-refractivity contribution in [3.05, 3.63) is 95.6 Å². The fourth-order valence-electron chi connectivity index (χ4n) is 2.88. The molecule has 0 aliphatic rings. The van der Waals surface area contributed by atoms with Crippen molar-refractivity contribution in [1.29, 1.82) is 0 Å². The fraction of sp³-hybridized carbons (Fsp3) is 0.160. The molecule has 2 N–H and O–H groups in total. The molecule has 0 fully saturated rings. The second-order valence-corrected chi connectivity index (χ2v) is 6.88. The molecule has 0 bridgehead atoms. The first-order valence-corrected chi connectivity index (χ1v) is 10.2. The van der Waals surface area contributed by atoms with Gasteiger partial charge in [-0.15, -0.1) is 0 Å². The summed E-state index contributed by atoms with van der Waals surface area (Å²) in [4.78, 5) is 23.8. The fourth-order valence-corrected chi connectivity index (χ4v) is 2.88. The largest absolute Gasteiger partial charge is 0.493 e. The normalized spacial score (nSPS) is 10.5. The molecule has 0 heterocycles. The van der Waals surface area contributed by atoms with Gasteiger partial charge in [0.1, 0.15) is 6.61 Å². The Morgan fingerprint density at radius 1 is 0.875 bits per heavy atom. The second-order valence-electron chi connectivity index (χ2n) is 6.88. The summed E-state index contributed by atoms with van der Waals surface area (Å²) in [6, 6.07) is 24.8. The van der Waals surface area contributed by atoms with E-state index in [-0.39, 0.29) is 0 Å². The van der Waals surface area contributed by atoms with Gasteiger partial charge in [-0.3, -0.25) is 9.59 Å². The molecule has 7 heteroatoms. The molecule has 0 unspecified atom stereocenters. The number of methoxy groups -OCH3 is 1. The Hall–Kier alpha value is -4.13. The number of amides is 2. The minimum atomic E-state index is -0.830. The standard InChI is InChI=1S/C25H25N3O4/c1-31-23-16-21(12-13-22(23)32-18-20-10-6-3-7-11-20)17-27-28-25(30)24(29)26-15-14-19-8-4-2-5-9-19/h2-13,16-17H,14-15,18H2,1H3,(H,26,29)(H,28,30)/b27-17-. The molecular formula is C25H25N3O4. The van der Waals surface area contributed by atoms with Crippen LogP contribution in [0.5, 0.6) is 11.5 Å². The molecule has 164 valence electrons. The quantitative estimate of drug-likeness (QED) is 0.310. The van der Waals surface area contributed by atoms with Crippen molar-refractivity contribution in [2.45, 2.75) is 13.0 Å². The van der Waals surface area contributed by atoms with Crippen LogP contribution in [0.25, 0.3) is 0 Å². The van der Waals surface area contributed by atoms with E-state index in [0.29, 0.717) is 36.6 Å². The maximum atomic E-state index is 11.9. The molecule has 0 saturated heterocycles. The van der Waals surface area contributed by atoms with Crippen molar-refractivity contribution < 1.29 is 19.1 Å². The highest BCUT2D eigenvalue weighted by atomic mass is 16.5. The number of rotatable bonds is 9. The average molecular weight is 431 g/mol. The number of hydrogen-bond acceptors (Lipinski definition) is 5. The number of nitrogens with zero attached hydrogens (tertiary/aromatic N) is 1. The molecular weight excluding hydrogens is 406 g/mol. The summed E-state index contributed by atoms with van der Waals surface area (Å²) in [5.41, 5.74) is 5.03. The van der Waals surface area contributed by atoms with E-state index in [9.17, 15) is 9.59 Å². The van der Waals surface area contributed by atoms with Gasteiger partial charge in [-0.05, 0) is 41.3 Å². The Balaban J connectivity index is 1.47. The monoisotopic (exact) mass is 431 g/mol. The second kappa shape index (κ2) is 11.9. The zero-order valence-corrected chi connectivity index (χ0v) is 17.8. The molecule has 32 heavy (non-hydrogen) atoms. The molecule has 0 aliphatic heterocycles. The van der Waals surface area contributed by atoms with Crippen LogP contribution in [-0.4, -0.2) is 31.7 Å². The molecule has 0 saturated carbocycles. The van der Waals surface area contributed by atoms with Crippen LogP contribution >= 0.6 is 0 Å². The number of ether oxygens (including phenoxy) is 2. The molecule has 3 rings (SSSR count). The van der Waals surface area contributed by atoms with Gasteiger partial charge in [0.15, 0.2) is 11.5 Å². The van der Waals surface area contributed by atoms with Crippen LogP contribution in [0.4, 0.5) is 0 Å². The van der Waals surface area contributed by atoms with Gasteiger partial charge in [-0.25, -0.2) is 5.43 Å². The zero-order chi connectivity index (χ0) is 22.6. The van der Waals surface area contributed by atoms with E-state index in [1.807, 2.05) is 60.7 Å². The van der Waals surface area contributed by atoms with E-state index in [4.69, 9.17) is 9.47 Å². The van der Waals surface area contributed by atoms with Crippen molar-refractivity contribution in [3.8, 4) is 11.5 Å². The van der Waals surface area contributed by atoms with Crippen molar-refractivity contribution >= 4 is 18.0 Å². The van der Waals surface area contributed by atoms with Gasteiger partial charge in [0, 0.05) is 6.54 Å². The Morgan fingerprint density at radius 2 is 1.56 bits per heavy atom. The summed E-state index contributed by atoms with van der Waals surface area (Å²) in [6.07, 6.45) is 2.07. The highest BCUT2D eigenvalue weighted by Gasteiger charge is 2.11. The summed E-state index contributed by atoms with van der Waals surface area (Å²) in [5, 5.41) is 6.42. The van der Waals surface area contributed by atoms with E-state index in [0.717, 1.165) is 11.1 Å². The maximum Gasteiger partial charge on any atom is 0.329 e. The first-order valence-electron chi connectivity index (χ1n) is 10.2. The molecule has 3 aromatic carbocycles. The number of carbonyl (C=O) groups is 2. The Labute approximate surface area is 187 Å². The molecule has 0 aromatic heterocycles. The molecule has 3 aromatic rings. The van der Waals surface area contributed by atoms with Crippen molar-refractivity contribution in [2.24, 2.45) is 5.10 Å². The number of carbonyl (C=O) groups excluding carboxylic acids is 2. The Morgan fingerprint density at radius 3 is 2.25 bits per heavy atom. The van der Waals surface area contributed by atoms with Crippen molar-refractivity contribution in [1.82, 2.24) is 10.7 Å². The van der Waals surface area contributed by atoms with Gasteiger partial charge in [0.25, 0.3) is 0 Å². The van der Waals surface area contributed by atoms with Gasteiger partial charge in [0.05, 0.1) is 13.3 Å². The van der Waals surface area contributed by atoms with E-state index in [1.165, 1.54) is 6.21 Å². The summed E-state index contributed by atoms with van der Waals surface area (Å²) in [5.74, 6) is -0.436. The van der Waals surface area contributed by atoms with Gasteiger partial charge in [0.2, 0.25) is 0 Å². The van der Waals surface area contributed by atoms with Crippen LogP contribution in [-0.2, 0) is 22.6 Å². The number of hydrogen-bond donors (Lipinski definition) is 2. The van der Waals surface area contributed by atoms with Crippen molar-refractivity contribution in [3.63, 3.8) is 0 Å². The lowest BCUT2D eigenvalue weighted by Crippen LogP contribution is -2.38. The van der Waals surface area contributed by atoms with E-state index in [1.54, 1.807) is 25.3 Å². The SMILES string of the molecule is COc1cc(/C=N\NC(=O)C(=O)NCCc2ccccc2)ccc1OCc1ccccc1. The number of benzene rings is 3. The maximum absolute atomic E-state index is 11.9. The van der Waals surface area contributed by atoms with Crippen LogP contribution in [0.3, 0.4) is 0 Å². The van der Waals surface area contributed by atoms with Crippen LogP contribution in [0.1, 0.15) is 16.7 Å². The van der Waals surface area contributed by atoms with Gasteiger partial charge in [-0.1, -0.05) is 60.7 Å². The molecule has 0 radical (unpaired) electrons. The zero-order valence-electron chi connectivity index (χ0n) is 17.8. The van der Waals surface area contributed by atoms with E-state index in [2.05, 4.69) is 15.8 Å². The molecule has 0 spiro atoms. The third-order valence-electron chi connectivity index (χ3n) is 4.55. The molecule has 2 amide bonds. The predicted molar refractivity (Wildman–Crippen MR) is 123 cm³/mol. The van der Waals surface area contributed by atoms with Gasteiger partial charge in [-0.2, -0.15) is 5.10 Å². The third-order valence-corrected chi connectivity index (χ3v) is 4.55. The van der Waals surface area contributed by atoms with Gasteiger partial charge < -0.3 is 14.8 Å². The smallest absolute Gasteiger partial charge is 0.329 e.